The number of halogens is 2. The van der Waals surface area contributed by atoms with Crippen LogP contribution in [0.4, 0.5) is 4.39 Å². The summed E-state index contributed by atoms with van der Waals surface area (Å²) in [5.41, 5.74) is 0.0598. The van der Waals surface area contributed by atoms with Crippen LogP contribution >= 0.6 is 15.9 Å². The second kappa shape index (κ2) is 9.85. The van der Waals surface area contributed by atoms with E-state index in [-0.39, 0.29) is 5.56 Å². The van der Waals surface area contributed by atoms with E-state index in [4.69, 9.17) is 9.47 Å². The Morgan fingerprint density at radius 1 is 1.30 bits per heavy atom. The number of rotatable bonds is 9. The largest absolute Gasteiger partial charge is 0.382 e. The summed E-state index contributed by atoms with van der Waals surface area (Å²) in [7, 11) is 1.63. The van der Waals surface area contributed by atoms with Crippen LogP contribution in [0.25, 0.3) is 0 Å². The Bertz CT molecular complexity index is 429. The van der Waals surface area contributed by atoms with Crippen LogP contribution < -0.4 is 5.32 Å². The van der Waals surface area contributed by atoms with Crippen LogP contribution in [0.3, 0.4) is 0 Å². The van der Waals surface area contributed by atoms with Gasteiger partial charge in [-0.2, -0.15) is 0 Å². The third-order valence-electron chi connectivity index (χ3n) is 2.61. The van der Waals surface area contributed by atoms with Gasteiger partial charge in [0, 0.05) is 24.7 Å². The van der Waals surface area contributed by atoms with E-state index in [1.807, 2.05) is 0 Å². The first kappa shape index (κ1) is 17.1. The van der Waals surface area contributed by atoms with E-state index in [2.05, 4.69) is 21.2 Å². The third kappa shape index (κ3) is 6.45. The van der Waals surface area contributed by atoms with Crippen molar-refractivity contribution in [3.63, 3.8) is 0 Å². The number of nitrogens with one attached hydrogen (secondary N) is 1. The second-order valence-electron chi connectivity index (χ2n) is 4.19. The lowest BCUT2D eigenvalue weighted by Gasteiger charge is -2.07. The van der Waals surface area contributed by atoms with Gasteiger partial charge in [-0.3, -0.25) is 4.79 Å². The van der Waals surface area contributed by atoms with Crippen molar-refractivity contribution in [2.45, 2.75) is 12.8 Å². The predicted molar refractivity (Wildman–Crippen MR) is 78.4 cm³/mol. The number of carbonyl (C=O) groups is 1. The van der Waals surface area contributed by atoms with Crippen molar-refractivity contribution in [1.82, 2.24) is 5.32 Å². The molecule has 0 aliphatic heterocycles. The van der Waals surface area contributed by atoms with E-state index in [0.29, 0.717) is 30.8 Å². The molecule has 0 spiro atoms. The molecule has 0 radical (unpaired) electrons. The summed E-state index contributed by atoms with van der Waals surface area (Å²) in [6, 6.07) is 4.38. The monoisotopic (exact) mass is 347 g/mol. The van der Waals surface area contributed by atoms with Crippen molar-refractivity contribution >= 4 is 21.8 Å². The van der Waals surface area contributed by atoms with Gasteiger partial charge in [0.25, 0.3) is 5.91 Å². The average Bonchev–Trinajstić information content (AvgIpc) is 2.41. The second-order valence-corrected chi connectivity index (χ2v) is 5.11. The summed E-state index contributed by atoms with van der Waals surface area (Å²) in [6.45, 7) is 2.29. The standard InChI is InChI=1S/C14H19BrFNO3/c1-19-8-9-20-7-3-2-6-17-14(18)12-5-4-11(15)10-13(12)16/h4-5,10H,2-3,6-9H2,1H3,(H,17,18). The lowest BCUT2D eigenvalue weighted by molar-refractivity contribution is 0.0686. The normalized spacial score (nSPS) is 10.6. The highest BCUT2D eigenvalue weighted by molar-refractivity contribution is 9.10. The Labute approximate surface area is 126 Å². The molecule has 1 amide bonds. The Morgan fingerprint density at radius 3 is 2.80 bits per heavy atom. The van der Waals surface area contributed by atoms with Crippen molar-refractivity contribution < 1.29 is 18.7 Å². The summed E-state index contributed by atoms with van der Waals surface area (Å²) in [4.78, 5) is 11.7. The molecule has 0 unspecified atom stereocenters. The van der Waals surface area contributed by atoms with Crippen LogP contribution in [0.15, 0.2) is 22.7 Å². The molecule has 0 heterocycles. The van der Waals surface area contributed by atoms with Gasteiger partial charge in [0.15, 0.2) is 0 Å². The number of unbranched alkanes of at least 4 members (excludes halogenated alkanes) is 1. The molecule has 20 heavy (non-hydrogen) atoms. The van der Waals surface area contributed by atoms with Crippen LogP contribution in [0.1, 0.15) is 23.2 Å². The Balaban J connectivity index is 2.17. The number of ether oxygens (including phenoxy) is 2. The van der Waals surface area contributed by atoms with Gasteiger partial charge in [-0.25, -0.2) is 4.39 Å². The predicted octanol–water partition coefficient (Wildman–Crippen LogP) is 2.76. The van der Waals surface area contributed by atoms with Gasteiger partial charge < -0.3 is 14.8 Å². The molecule has 112 valence electrons. The minimum absolute atomic E-state index is 0.0598. The van der Waals surface area contributed by atoms with Crippen molar-refractivity contribution in [3.8, 4) is 0 Å². The Hall–Kier alpha value is -0.980. The fourth-order valence-electron chi connectivity index (χ4n) is 1.54. The maximum Gasteiger partial charge on any atom is 0.254 e. The van der Waals surface area contributed by atoms with Crippen LogP contribution in [-0.4, -0.2) is 39.4 Å². The van der Waals surface area contributed by atoms with E-state index in [9.17, 15) is 9.18 Å². The van der Waals surface area contributed by atoms with E-state index in [0.717, 1.165) is 12.8 Å². The molecular weight excluding hydrogens is 329 g/mol. The molecule has 0 aliphatic rings. The first-order chi connectivity index (χ1) is 9.65. The third-order valence-corrected chi connectivity index (χ3v) is 3.10. The smallest absolute Gasteiger partial charge is 0.254 e. The lowest BCUT2D eigenvalue weighted by atomic mass is 10.2. The zero-order chi connectivity index (χ0) is 14.8. The van der Waals surface area contributed by atoms with Gasteiger partial charge >= 0.3 is 0 Å². The van der Waals surface area contributed by atoms with E-state index in [1.54, 1.807) is 13.2 Å². The summed E-state index contributed by atoms with van der Waals surface area (Å²) in [5, 5.41) is 2.69. The summed E-state index contributed by atoms with van der Waals surface area (Å²) >= 11 is 3.15. The Morgan fingerprint density at radius 2 is 2.10 bits per heavy atom. The highest BCUT2D eigenvalue weighted by Gasteiger charge is 2.10. The van der Waals surface area contributed by atoms with E-state index >= 15 is 0 Å². The van der Waals surface area contributed by atoms with Gasteiger partial charge in [-0.15, -0.1) is 0 Å². The molecule has 0 saturated heterocycles. The van der Waals surface area contributed by atoms with Crippen LogP contribution in [0.5, 0.6) is 0 Å². The number of carbonyl (C=O) groups excluding carboxylic acids is 1. The minimum Gasteiger partial charge on any atom is -0.382 e. The SMILES string of the molecule is COCCOCCCCNC(=O)c1ccc(Br)cc1F. The van der Waals surface area contributed by atoms with Crippen LogP contribution in [-0.2, 0) is 9.47 Å². The average molecular weight is 348 g/mol. The molecule has 0 fully saturated rings. The van der Waals surface area contributed by atoms with Crippen molar-refractivity contribution in [2.24, 2.45) is 0 Å². The molecule has 4 nitrogen and oxygen atoms in total. The van der Waals surface area contributed by atoms with Gasteiger partial charge in [0.05, 0.1) is 18.8 Å². The molecule has 0 aliphatic carbocycles. The van der Waals surface area contributed by atoms with E-state index in [1.165, 1.54) is 12.1 Å². The van der Waals surface area contributed by atoms with Crippen molar-refractivity contribution in [1.29, 1.82) is 0 Å². The highest BCUT2D eigenvalue weighted by Crippen LogP contribution is 2.15. The molecule has 0 bridgehead atoms. The summed E-state index contributed by atoms with van der Waals surface area (Å²) in [5.74, 6) is -0.921. The number of hydrogen-bond donors (Lipinski definition) is 1. The van der Waals surface area contributed by atoms with Gasteiger partial charge in [-0.05, 0) is 31.0 Å². The number of amides is 1. The molecule has 1 rings (SSSR count). The molecule has 0 aromatic heterocycles. The molecule has 1 aromatic carbocycles. The zero-order valence-electron chi connectivity index (χ0n) is 11.5. The molecule has 6 heteroatoms. The van der Waals surface area contributed by atoms with Gasteiger partial charge in [0.2, 0.25) is 0 Å². The first-order valence-corrected chi connectivity index (χ1v) is 7.24. The van der Waals surface area contributed by atoms with E-state index < -0.39 is 11.7 Å². The summed E-state index contributed by atoms with van der Waals surface area (Å²) in [6.07, 6.45) is 1.63. The molecule has 1 aromatic rings. The topological polar surface area (TPSA) is 47.6 Å². The maximum absolute atomic E-state index is 13.5. The summed E-state index contributed by atoms with van der Waals surface area (Å²) < 4.78 is 24.3. The van der Waals surface area contributed by atoms with Crippen molar-refractivity contribution in [3.05, 3.63) is 34.1 Å². The number of methoxy groups -OCH3 is 1. The fraction of sp³-hybridized carbons (Fsp3) is 0.500. The van der Waals surface area contributed by atoms with Crippen LogP contribution in [0.2, 0.25) is 0 Å². The zero-order valence-corrected chi connectivity index (χ0v) is 13.0. The van der Waals surface area contributed by atoms with Gasteiger partial charge in [-0.1, -0.05) is 15.9 Å². The minimum atomic E-state index is -0.528. The van der Waals surface area contributed by atoms with Crippen molar-refractivity contribution in [2.75, 3.05) is 33.5 Å². The van der Waals surface area contributed by atoms with Gasteiger partial charge in [0.1, 0.15) is 5.82 Å². The fourth-order valence-corrected chi connectivity index (χ4v) is 1.88. The quantitative estimate of drug-likeness (QED) is 0.698. The molecule has 1 N–H and O–H groups in total. The molecular formula is C14H19BrFNO3. The number of hydrogen-bond acceptors (Lipinski definition) is 3. The molecule has 0 atom stereocenters. The Kier molecular flexibility index (Phi) is 8.41. The maximum atomic E-state index is 13.5. The van der Waals surface area contributed by atoms with Crippen LogP contribution in [0, 0.1) is 5.82 Å². The highest BCUT2D eigenvalue weighted by atomic mass is 79.9. The first-order valence-electron chi connectivity index (χ1n) is 6.45. The lowest BCUT2D eigenvalue weighted by Crippen LogP contribution is -2.25. The molecule has 0 saturated carbocycles. The number of benzene rings is 1.